The molecule has 2 rings (SSSR count). The molecule has 0 amide bonds. The fourth-order valence-electron chi connectivity index (χ4n) is 2.63. The minimum Gasteiger partial charge on any atom is -0.481 e. The molecule has 106 valence electrons. The summed E-state index contributed by atoms with van der Waals surface area (Å²) in [5, 5.41) is 16.8. The number of hydrogen-bond acceptors (Lipinski definition) is 4. The number of carbonyl (C=O) groups is 1. The summed E-state index contributed by atoms with van der Waals surface area (Å²) in [6, 6.07) is 0. The number of carboxylic acids is 1. The second kappa shape index (κ2) is 7.26. The van der Waals surface area contributed by atoms with Gasteiger partial charge in [0.15, 0.2) is 0 Å². The lowest BCUT2D eigenvalue weighted by Gasteiger charge is -2.15. The van der Waals surface area contributed by atoms with E-state index in [2.05, 4.69) is 10.2 Å². The quantitative estimate of drug-likeness (QED) is 0.884. The van der Waals surface area contributed by atoms with Gasteiger partial charge in [-0.3, -0.25) is 4.79 Å². The lowest BCUT2D eigenvalue weighted by atomic mass is 9.91. The second-order valence-electron chi connectivity index (χ2n) is 5.32. The van der Waals surface area contributed by atoms with Gasteiger partial charge in [-0.2, -0.15) is 0 Å². The number of aromatic nitrogens is 2. The van der Waals surface area contributed by atoms with E-state index < -0.39 is 5.97 Å². The van der Waals surface area contributed by atoms with Crippen LogP contribution in [0.5, 0.6) is 0 Å². The monoisotopic (exact) mass is 266 g/mol. The van der Waals surface area contributed by atoms with Gasteiger partial charge in [0.2, 0.25) is 11.8 Å². The Labute approximate surface area is 113 Å². The first-order chi connectivity index (χ1) is 9.25. The predicted molar refractivity (Wildman–Crippen MR) is 69.9 cm³/mol. The van der Waals surface area contributed by atoms with Crippen LogP contribution in [0.25, 0.3) is 0 Å². The summed E-state index contributed by atoms with van der Waals surface area (Å²) in [4.78, 5) is 10.4. The van der Waals surface area contributed by atoms with Crippen LogP contribution >= 0.6 is 0 Å². The molecular weight excluding hydrogens is 244 g/mol. The van der Waals surface area contributed by atoms with Crippen LogP contribution in [0.15, 0.2) is 4.42 Å². The van der Waals surface area contributed by atoms with Crippen molar-refractivity contribution in [3.63, 3.8) is 0 Å². The van der Waals surface area contributed by atoms with Crippen LogP contribution in [0, 0.1) is 0 Å². The summed E-state index contributed by atoms with van der Waals surface area (Å²) in [5.74, 6) is 0.964. The van der Waals surface area contributed by atoms with E-state index in [-0.39, 0.29) is 6.42 Å². The third-order valence-corrected chi connectivity index (χ3v) is 3.72. The first-order valence-corrected chi connectivity index (χ1v) is 7.30. The van der Waals surface area contributed by atoms with E-state index in [1.165, 1.54) is 32.1 Å². The Balaban J connectivity index is 1.85. The van der Waals surface area contributed by atoms with Gasteiger partial charge in [0.25, 0.3) is 0 Å². The third kappa shape index (κ3) is 4.65. The Bertz CT molecular complexity index is 395. The molecule has 0 saturated heterocycles. The maximum atomic E-state index is 10.4. The summed E-state index contributed by atoms with van der Waals surface area (Å²) in [6.45, 7) is 0. The van der Waals surface area contributed by atoms with E-state index in [4.69, 9.17) is 9.52 Å². The van der Waals surface area contributed by atoms with Crippen LogP contribution in [-0.4, -0.2) is 21.3 Å². The van der Waals surface area contributed by atoms with E-state index in [0.29, 0.717) is 24.7 Å². The Morgan fingerprint density at radius 3 is 2.53 bits per heavy atom. The number of aliphatic carboxylic acids is 1. The molecule has 0 aromatic carbocycles. The maximum Gasteiger partial charge on any atom is 0.303 e. The fraction of sp³-hybridized carbons (Fsp3) is 0.786. The highest BCUT2D eigenvalue weighted by Gasteiger charge is 2.19. The molecule has 1 aromatic heterocycles. The second-order valence-corrected chi connectivity index (χ2v) is 5.32. The number of hydrogen-bond donors (Lipinski definition) is 1. The topological polar surface area (TPSA) is 76.2 Å². The van der Waals surface area contributed by atoms with Gasteiger partial charge in [-0.1, -0.05) is 32.1 Å². The van der Waals surface area contributed by atoms with Gasteiger partial charge in [-0.15, -0.1) is 10.2 Å². The van der Waals surface area contributed by atoms with Crippen LogP contribution in [0.4, 0.5) is 0 Å². The molecule has 0 unspecified atom stereocenters. The van der Waals surface area contributed by atoms with Crippen molar-refractivity contribution < 1.29 is 14.3 Å². The van der Waals surface area contributed by atoms with Crippen molar-refractivity contribution >= 4 is 5.97 Å². The van der Waals surface area contributed by atoms with Crippen molar-refractivity contribution in [3.8, 4) is 0 Å². The molecule has 19 heavy (non-hydrogen) atoms. The molecule has 1 heterocycles. The van der Waals surface area contributed by atoms with Gasteiger partial charge in [0, 0.05) is 18.8 Å². The average molecular weight is 266 g/mol. The molecule has 1 aliphatic carbocycles. The predicted octanol–water partition coefficient (Wildman–Crippen LogP) is 3.30. The molecule has 5 heteroatoms. The Kier molecular flexibility index (Phi) is 5.36. The van der Waals surface area contributed by atoms with Crippen LogP contribution in [0.3, 0.4) is 0 Å². The fourth-order valence-corrected chi connectivity index (χ4v) is 2.63. The first kappa shape index (κ1) is 14.0. The van der Waals surface area contributed by atoms with Gasteiger partial charge < -0.3 is 9.52 Å². The molecule has 5 nitrogen and oxygen atoms in total. The van der Waals surface area contributed by atoms with Gasteiger partial charge in [0.05, 0.1) is 0 Å². The van der Waals surface area contributed by atoms with Crippen LogP contribution in [0.2, 0.25) is 0 Å². The van der Waals surface area contributed by atoms with Crippen LogP contribution in [0.1, 0.15) is 75.5 Å². The Morgan fingerprint density at radius 1 is 1.16 bits per heavy atom. The summed E-state index contributed by atoms with van der Waals surface area (Å²) < 4.78 is 5.69. The van der Waals surface area contributed by atoms with E-state index in [0.717, 1.165) is 18.7 Å². The van der Waals surface area contributed by atoms with Gasteiger partial charge in [0.1, 0.15) is 0 Å². The number of rotatable bonds is 5. The van der Waals surface area contributed by atoms with Crippen molar-refractivity contribution in [1.29, 1.82) is 0 Å². The summed E-state index contributed by atoms with van der Waals surface area (Å²) >= 11 is 0. The molecule has 1 aromatic rings. The Hall–Kier alpha value is -1.39. The normalized spacial score (nSPS) is 17.9. The zero-order valence-electron chi connectivity index (χ0n) is 11.3. The highest BCUT2D eigenvalue weighted by Crippen LogP contribution is 2.30. The van der Waals surface area contributed by atoms with Crippen LogP contribution in [-0.2, 0) is 11.2 Å². The molecule has 0 spiro atoms. The molecule has 1 fully saturated rings. The zero-order chi connectivity index (χ0) is 13.5. The van der Waals surface area contributed by atoms with E-state index >= 15 is 0 Å². The van der Waals surface area contributed by atoms with Gasteiger partial charge >= 0.3 is 5.97 Å². The third-order valence-electron chi connectivity index (χ3n) is 3.72. The van der Waals surface area contributed by atoms with Gasteiger partial charge in [-0.05, 0) is 19.3 Å². The molecule has 1 N–H and O–H groups in total. The van der Waals surface area contributed by atoms with Crippen molar-refractivity contribution in [2.24, 2.45) is 0 Å². The number of aryl methyl sites for hydroxylation is 1. The van der Waals surface area contributed by atoms with Crippen molar-refractivity contribution in [1.82, 2.24) is 10.2 Å². The molecule has 0 atom stereocenters. The number of carboxylic acid groups (broad SMARTS) is 1. The number of nitrogens with zero attached hydrogens (tertiary/aromatic N) is 2. The first-order valence-electron chi connectivity index (χ1n) is 7.30. The van der Waals surface area contributed by atoms with E-state index in [1.54, 1.807) is 0 Å². The van der Waals surface area contributed by atoms with Gasteiger partial charge in [-0.25, -0.2) is 0 Å². The molecule has 1 aliphatic rings. The summed E-state index contributed by atoms with van der Waals surface area (Å²) in [7, 11) is 0. The Morgan fingerprint density at radius 2 is 1.84 bits per heavy atom. The SMILES string of the molecule is O=C(O)CCCc1nnc(C2CCCCCCC2)o1. The van der Waals surface area contributed by atoms with E-state index in [9.17, 15) is 4.79 Å². The molecule has 0 radical (unpaired) electrons. The largest absolute Gasteiger partial charge is 0.481 e. The smallest absolute Gasteiger partial charge is 0.303 e. The maximum absolute atomic E-state index is 10.4. The zero-order valence-corrected chi connectivity index (χ0v) is 11.3. The van der Waals surface area contributed by atoms with Crippen LogP contribution < -0.4 is 0 Å². The summed E-state index contributed by atoms with van der Waals surface area (Å²) in [5.41, 5.74) is 0. The molecule has 0 aliphatic heterocycles. The minimum absolute atomic E-state index is 0.154. The van der Waals surface area contributed by atoms with E-state index in [1.807, 2.05) is 0 Å². The average Bonchev–Trinajstić information content (AvgIpc) is 2.76. The van der Waals surface area contributed by atoms with Crippen molar-refractivity contribution in [2.45, 2.75) is 70.1 Å². The minimum atomic E-state index is -0.778. The highest BCUT2D eigenvalue weighted by atomic mass is 16.4. The van der Waals surface area contributed by atoms with Crippen molar-refractivity contribution in [3.05, 3.63) is 11.8 Å². The highest BCUT2D eigenvalue weighted by molar-refractivity contribution is 5.66. The standard InChI is InChI=1S/C14H22N2O3/c17-13(18)10-6-9-12-15-16-14(19-12)11-7-4-2-1-3-5-8-11/h11H,1-10H2,(H,17,18). The molecule has 0 bridgehead atoms. The molecule has 1 saturated carbocycles. The lowest BCUT2D eigenvalue weighted by Crippen LogP contribution is -2.02. The summed E-state index contributed by atoms with van der Waals surface area (Å²) in [6.07, 6.45) is 9.97. The lowest BCUT2D eigenvalue weighted by molar-refractivity contribution is -0.137. The van der Waals surface area contributed by atoms with Crippen molar-refractivity contribution in [2.75, 3.05) is 0 Å². The molecular formula is C14H22N2O3.